The van der Waals surface area contributed by atoms with Crippen LogP contribution in [0.5, 0.6) is 0 Å². The van der Waals surface area contributed by atoms with E-state index in [-0.39, 0.29) is 16.8 Å². The summed E-state index contributed by atoms with van der Waals surface area (Å²) in [6.45, 7) is 4.44. The summed E-state index contributed by atoms with van der Waals surface area (Å²) in [5, 5.41) is 2.28. The summed E-state index contributed by atoms with van der Waals surface area (Å²) in [6.07, 6.45) is 0.957. The molecule has 3 N–H and O–H groups in total. The molecule has 0 saturated heterocycles. The Labute approximate surface area is 126 Å². The van der Waals surface area contributed by atoms with Gasteiger partial charge in [-0.2, -0.15) is 0 Å². The molecular formula is C14H19BrF2N2O. The van der Waals surface area contributed by atoms with E-state index in [0.717, 1.165) is 18.6 Å². The van der Waals surface area contributed by atoms with Crippen molar-refractivity contribution >= 4 is 27.5 Å². The number of amides is 1. The molecule has 0 aromatic heterocycles. The van der Waals surface area contributed by atoms with Gasteiger partial charge in [0.05, 0.1) is 0 Å². The normalized spacial score (nSPS) is 12.6. The summed E-state index contributed by atoms with van der Waals surface area (Å²) in [7, 11) is 0. The Morgan fingerprint density at radius 3 is 2.35 bits per heavy atom. The minimum absolute atomic E-state index is 0.0107. The molecule has 20 heavy (non-hydrogen) atoms. The highest BCUT2D eigenvalue weighted by molar-refractivity contribution is 9.10. The Bertz CT molecular complexity index is 457. The lowest BCUT2D eigenvalue weighted by Gasteiger charge is -2.17. The average Bonchev–Trinajstić information content (AvgIpc) is 2.32. The molecular weight excluding hydrogens is 330 g/mol. The van der Waals surface area contributed by atoms with E-state index in [1.807, 2.05) is 13.8 Å². The Hall–Kier alpha value is -1.01. The lowest BCUT2D eigenvalue weighted by atomic mass is 9.94. The standard InChI is InChI=1S/C14H19BrF2N2O/c1-8(2)3-9(7-18)4-13(20)19-14-11(16)5-10(15)6-12(14)17/h5-6,8-9H,3-4,7,18H2,1-2H3,(H,19,20)/t9-/m0/s1. The molecule has 0 fully saturated rings. The van der Waals surface area contributed by atoms with Gasteiger partial charge in [0.25, 0.3) is 0 Å². The zero-order valence-electron chi connectivity index (χ0n) is 11.6. The largest absolute Gasteiger partial charge is 0.330 e. The number of rotatable bonds is 6. The van der Waals surface area contributed by atoms with Gasteiger partial charge >= 0.3 is 0 Å². The minimum atomic E-state index is -0.807. The van der Waals surface area contributed by atoms with E-state index in [4.69, 9.17) is 5.73 Å². The average molecular weight is 349 g/mol. The minimum Gasteiger partial charge on any atom is -0.330 e. The van der Waals surface area contributed by atoms with E-state index in [1.54, 1.807) is 0 Å². The third-order valence-electron chi connectivity index (χ3n) is 2.88. The molecule has 0 saturated carbocycles. The quantitative estimate of drug-likeness (QED) is 0.823. The zero-order valence-corrected chi connectivity index (χ0v) is 13.1. The number of carbonyl (C=O) groups excluding carboxylic acids is 1. The van der Waals surface area contributed by atoms with Crippen molar-refractivity contribution in [1.82, 2.24) is 0 Å². The molecule has 0 aliphatic rings. The van der Waals surface area contributed by atoms with Crippen LogP contribution in [0.2, 0.25) is 0 Å². The van der Waals surface area contributed by atoms with Crippen LogP contribution in [0.25, 0.3) is 0 Å². The van der Waals surface area contributed by atoms with Gasteiger partial charge in [-0.05, 0) is 36.9 Å². The van der Waals surface area contributed by atoms with Crippen LogP contribution in [0.1, 0.15) is 26.7 Å². The van der Waals surface area contributed by atoms with E-state index >= 15 is 0 Å². The Kier molecular flexibility index (Phi) is 6.55. The first-order chi connectivity index (χ1) is 9.33. The van der Waals surface area contributed by atoms with Gasteiger partial charge in [0.15, 0.2) is 11.6 Å². The van der Waals surface area contributed by atoms with Crippen molar-refractivity contribution in [2.75, 3.05) is 11.9 Å². The molecule has 0 spiro atoms. The van der Waals surface area contributed by atoms with Gasteiger partial charge in [-0.15, -0.1) is 0 Å². The molecule has 112 valence electrons. The summed E-state index contributed by atoms with van der Waals surface area (Å²) in [5.74, 6) is -1.62. The molecule has 1 aromatic carbocycles. The van der Waals surface area contributed by atoms with Crippen LogP contribution >= 0.6 is 15.9 Å². The molecule has 0 heterocycles. The maximum absolute atomic E-state index is 13.6. The topological polar surface area (TPSA) is 55.1 Å². The Balaban J connectivity index is 2.71. The SMILES string of the molecule is CC(C)C[C@H](CN)CC(=O)Nc1c(F)cc(Br)cc1F. The van der Waals surface area contributed by atoms with Crippen molar-refractivity contribution in [3.63, 3.8) is 0 Å². The molecule has 1 rings (SSSR count). The fourth-order valence-corrected chi connectivity index (χ4v) is 2.45. The second-order valence-electron chi connectivity index (χ2n) is 5.23. The predicted molar refractivity (Wildman–Crippen MR) is 79.3 cm³/mol. The van der Waals surface area contributed by atoms with Crippen molar-refractivity contribution in [1.29, 1.82) is 0 Å². The predicted octanol–water partition coefficient (Wildman–Crippen LogP) is 3.68. The number of hydrogen-bond acceptors (Lipinski definition) is 2. The second-order valence-corrected chi connectivity index (χ2v) is 6.14. The van der Waals surface area contributed by atoms with Crippen molar-refractivity contribution in [2.45, 2.75) is 26.7 Å². The molecule has 0 aliphatic carbocycles. The second kappa shape index (κ2) is 7.69. The first-order valence-electron chi connectivity index (χ1n) is 6.48. The van der Waals surface area contributed by atoms with Gasteiger partial charge in [-0.25, -0.2) is 8.78 Å². The first-order valence-corrected chi connectivity index (χ1v) is 7.27. The molecule has 3 nitrogen and oxygen atoms in total. The van der Waals surface area contributed by atoms with Gasteiger partial charge in [-0.3, -0.25) is 4.79 Å². The fourth-order valence-electron chi connectivity index (χ4n) is 2.04. The van der Waals surface area contributed by atoms with Crippen LogP contribution in [0.15, 0.2) is 16.6 Å². The number of anilines is 1. The number of hydrogen-bond donors (Lipinski definition) is 2. The third-order valence-corrected chi connectivity index (χ3v) is 3.34. The zero-order chi connectivity index (χ0) is 15.3. The van der Waals surface area contributed by atoms with Crippen LogP contribution < -0.4 is 11.1 Å². The first kappa shape index (κ1) is 17.0. The summed E-state index contributed by atoms with van der Waals surface area (Å²) < 4.78 is 27.5. The number of halogens is 3. The molecule has 0 bridgehead atoms. The number of benzene rings is 1. The number of nitrogens with one attached hydrogen (secondary N) is 1. The van der Waals surface area contributed by atoms with Gasteiger partial charge in [0.2, 0.25) is 5.91 Å². The van der Waals surface area contributed by atoms with Crippen molar-refractivity contribution in [2.24, 2.45) is 17.6 Å². The summed E-state index contributed by atoms with van der Waals surface area (Å²) in [6, 6.07) is 2.21. The van der Waals surface area contributed by atoms with Crippen LogP contribution in [0, 0.1) is 23.5 Å². The number of nitrogens with two attached hydrogens (primary N) is 1. The molecule has 0 unspecified atom stereocenters. The molecule has 1 aromatic rings. The molecule has 1 atom stereocenters. The smallest absolute Gasteiger partial charge is 0.224 e. The molecule has 6 heteroatoms. The Morgan fingerprint density at radius 2 is 1.90 bits per heavy atom. The highest BCUT2D eigenvalue weighted by atomic mass is 79.9. The lowest BCUT2D eigenvalue weighted by molar-refractivity contribution is -0.117. The van der Waals surface area contributed by atoms with Gasteiger partial charge in [-0.1, -0.05) is 29.8 Å². The Morgan fingerprint density at radius 1 is 1.35 bits per heavy atom. The van der Waals surface area contributed by atoms with Crippen LogP contribution in [-0.2, 0) is 4.79 Å². The van der Waals surface area contributed by atoms with Crippen molar-refractivity contribution < 1.29 is 13.6 Å². The van der Waals surface area contributed by atoms with Gasteiger partial charge in [0, 0.05) is 10.9 Å². The third kappa shape index (κ3) is 5.17. The highest BCUT2D eigenvalue weighted by Gasteiger charge is 2.17. The van der Waals surface area contributed by atoms with E-state index < -0.39 is 23.2 Å². The number of carbonyl (C=O) groups is 1. The van der Waals surface area contributed by atoms with Gasteiger partial charge < -0.3 is 11.1 Å². The van der Waals surface area contributed by atoms with Crippen LogP contribution in [0.3, 0.4) is 0 Å². The fraction of sp³-hybridized carbons (Fsp3) is 0.500. The molecule has 1 amide bonds. The van der Waals surface area contributed by atoms with E-state index in [9.17, 15) is 13.6 Å². The van der Waals surface area contributed by atoms with Gasteiger partial charge in [0.1, 0.15) is 5.69 Å². The van der Waals surface area contributed by atoms with E-state index in [2.05, 4.69) is 21.2 Å². The summed E-state index contributed by atoms with van der Waals surface area (Å²) in [4.78, 5) is 11.8. The summed E-state index contributed by atoms with van der Waals surface area (Å²) in [5.41, 5.74) is 5.19. The van der Waals surface area contributed by atoms with Crippen molar-refractivity contribution in [3.8, 4) is 0 Å². The lowest BCUT2D eigenvalue weighted by Crippen LogP contribution is -2.24. The highest BCUT2D eigenvalue weighted by Crippen LogP contribution is 2.24. The maximum atomic E-state index is 13.6. The maximum Gasteiger partial charge on any atom is 0.224 e. The molecule has 0 radical (unpaired) electrons. The van der Waals surface area contributed by atoms with E-state index in [1.165, 1.54) is 0 Å². The van der Waals surface area contributed by atoms with E-state index in [0.29, 0.717) is 12.5 Å². The monoisotopic (exact) mass is 348 g/mol. The summed E-state index contributed by atoms with van der Waals surface area (Å²) >= 11 is 2.98. The van der Waals surface area contributed by atoms with Crippen LogP contribution in [0.4, 0.5) is 14.5 Å². The molecule has 0 aliphatic heterocycles. The van der Waals surface area contributed by atoms with Crippen LogP contribution in [-0.4, -0.2) is 12.5 Å². The van der Waals surface area contributed by atoms with Crippen molar-refractivity contribution in [3.05, 3.63) is 28.2 Å².